The second-order valence-corrected chi connectivity index (χ2v) is 10.7. The SMILES string of the molecule is COc1ccccc1OC[C@@H]1c2ccsc2CCN1C(=O)CN(C(=O)c1ccc(F)cc1)C(C)(C)C. The first-order valence-electron chi connectivity index (χ1n) is 11.9. The van der Waals surface area contributed by atoms with E-state index in [0.29, 0.717) is 23.6 Å². The van der Waals surface area contributed by atoms with Crippen LogP contribution in [-0.2, 0) is 11.2 Å². The smallest absolute Gasteiger partial charge is 0.254 e. The Morgan fingerprint density at radius 3 is 2.44 bits per heavy atom. The van der Waals surface area contributed by atoms with Crippen LogP contribution in [0.15, 0.2) is 60.0 Å². The minimum absolute atomic E-state index is 0.0929. The lowest BCUT2D eigenvalue weighted by Crippen LogP contribution is -2.53. The number of halogens is 1. The van der Waals surface area contributed by atoms with Crippen molar-refractivity contribution in [3.05, 3.63) is 81.8 Å². The number of amides is 2. The number of rotatable bonds is 7. The number of benzene rings is 2. The predicted molar refractivity (Wildman–Crippen MR) is 138 cm³/mol. The molecule has 36 heavy (non-hydrogen) atoms. The van der Waals surface area contributed by atoms with Crippen LogP contribution in [0.3, 0.4) is 0 Å². The molecule has 8 heteroatoms. The van der Waals surface area contributed by atoms with Gasteiger partial charge < -0.3 is 19.3 Å². The number of hydrogen-bond acceptors (Lipinski definition) is 5. The fourth-order valence-electron chi connectivity index (χ4n) is 4.37. The molecule has 4 rings (SSSR count). The Balaban J connectivity index is 1.57. The molecule has 2 heterocycles. The lowest BCUT2D eigenvalue weighted by molar-refractivity contribution is -0.136. The monoisotopic (exact) mass is 510 g/mol. The second-order valence-electron chi connectivity index (χ2n) is 9.68. The first kappa shape index (κ1) is 25.7. The quantitative estimate of drug-likeness (QED) is 0.431. The van der Waals surface area contributed by atoms with Gasteiger partial charge in [-0.3, -0.25) is 9.59 Å². The number of fused-ring (bicyclic) bond motifs is 1. The number of methoxy groups -OCH3 is 1. The maximum atomic E-state index is 13.7. The van der Waals surface area contributed by atoms with E-state index in [1.807, 2.05) is 56.5 Å². The average molecular weight is 511 g/mol. The van der Waals surface area contributed by atoms with Crippen LogP contribution in [-0.4, -0.2) is 54.0 Å². The molecule has 3 aromatic rings. The van der Waals surface area contributed by atoms with Crippen molar-refractivity contribution in [1.29, 1.82) is 0 Å². The Morgan fingerprint density at radius 1 is 1.08 bits per heavy atom. The van der Waals surface area contributed by atoms with E-state index in [0.717, 1.165) is 12.0 Å². The van der Waals surface area contributed by atoms with E-state index in [1.54, 1.807) is 28.2 Å². The van der Waals surface area contributed by atoms with E-state index in [4.69, 9.17) is 9.47 Å². The summed E-state index contributed by atoms with van der Waals surface area (Å²) >= 11 is 1.68. The summed E-state index contributed by atoms with van der Waals surface area (Å²) in [6.07, 6.45) is 0.755. The third kappa shape index (κ3) is 5.54. The number of hydrogen-bond donors (Lipinski definition) is 0. The largest absolute Gasteiger partial charge is 0.493 e. The highest BCUT2D eigenvalue weighted by atomic mass is 32.1. The topological polar surface area (TPSA) is 59.1 Å². The van der Waals surface area contributed by atoms with E-state index in [1.165, 1.54) is 29.1 Å². The summed E-state index contributed by atoms with van der Waals surface area (Å²) in [5.41, 5.74) is 0.795. The normalized spacial score (nSPS) is 15.2. The molecule has 1 aliphatic rings. The Labute approximate surface area is 215 Å². The zero-order valence-electron chi connectivity index (χ0n) is 21.0. The van der Waals surface area contributed by atoms with Gasteiger partial charge in [0.2, 0.25) is 5.91 Å². The minimum Gasteiger partial charge on any atom is -0.493 e. The molecule has 190 valence electrons. The summed E-state index contributed by atoms with van der Waals surface area (Å²) in [6, 6.07) is 14.6. The van der Waals surface area contributed by atoms with Gasteiger partial charge in [0.1, 0.15) is 19.0 Å². The Bertz CT molecular complexity index is 1220. The molecule has 0 bridgehead atoms. The molecule has 2 amide bonds. The molecule has 0 fully saturated rings. The van der Waals surface area contributed by atoms with Crippen molar-refractivity contribution in [1.82, 2.24) is 9.80 Å². The van der Waals surface area contributed by atoms with Crippen LogP contribution in [0.4, 0.5) is 4.39 Å². The van der Waals surface area contributed by atoms with Gasteiger partial charge in [0.05, 0.1) is 13.2 Å². The summed E-state index contributed by atoms with van der Waals surface area (Å²) in [4.78, 5) is 31.6. The van der Waals surface area contributed by atoms with Crippen LogP contribution in [0.25, 0.3) is 0 Å². The number of carbonyl (C=O) groups excluding carboxylic acids is 2. The van der Waals surface area contributed by atoms with Gasteiger partial charge in [-0.05, 0) is 80.6 Å². The zero-order valence-corrected chi connectivity index (χ0v) is 21.8. The predicted octanol–water partition coefficient (Wildman–Crippen LogP) is 5.34. The van der Waals surface area contributed by atoms with Crippen molar-refractivity contribution in [3.63, 3.8) is 0 Å². The van der Waals surface area contributed by atoms with Crippen molar-refractivity contribution >= 4 is 23.2 Å². The fraction of sp³-hybridized carbons (Fsp3) is 0.357. The maximum absolute atomic E-state index is 13.7. The van der Waals surface area contributed by atoms with Crippen molar-refractivity contribution in [2.24, 2.45) is 0 Å². The van der Waals surface area contributed by atoms with Gasteiger partial charge in [0.15, 0.2) is 11.5 Å². The van der Waals surface area contributed by atoms with Crippen molar-refractivity contribution in [3.8, 4) is 11.5 Å². The molecule has 0 saturated heterocycles. The third-order valence-corrected chi connectivity index (χ3v) is 7.32. The Morgan fingerprint density at radius 2 is 1.78 bits per heavy atom. The molecule has 0 aliphatic carbocycles. The molecule has 0 spiro atoms. The van der Waals surface area contributed by atoms with Crippen molar-refractivity contribution in [2.45, 2.75) is 38.8 Å². The number of ether oxygens (including phenoxy) is 2. The molecular formula is C28H31FN2O4S. The molecule has 0 saturated carbocycles. The van der Waals surface area contributed by atoms with Gasteiger partial charge in [-0.25, -0.2) is 4.39 Å². The Kier molecular flexibility index (Phi) is 7.64. The van der Waals surface area contributed by atoms with Crippen molar-refractivity contribution < 1.29 is 23.5 Å². The number of para-hydroxylation sites is 2. The molecular weight excluding hydrogens is 479 g/mol. The van der Waals surface area contributed by atoms with E-state index in [-0.39, 0.29) is 31.0 Å². The van der Waals surface area contributed by atoms with Gasteiger partial charge in [0.25, 0.3) is 5.91 Å². The summed E-state index contributed by atoms with van der Waals surface area (Å²) in [7, 11) is 1.59. The summed E-state index contributed by atoms with van der Waals surface area (Å²) in [5.74, 6) is 0.345. The molecule has 6 nitrogen and oxygen atoms in total. The lowest BCUT2D eigenvalue weighted by Gasteiger charge is -2.40. The van der Waals surface area contributed by atoms with E-state index in [9.17, 15) is 14.0 Å². The number of thiophene rings is 1. The van der Waals surface area contributed by atoms with E-state index < -0.39 is 11.4 Å². The standard InChI is InChI=1S/C28H31FN2O4S/c1-28(2,3)31(27(33)19-9-11-20(29)12-10-19)17-26(32)30-15-13-25-21(14-16-36-25)22(30)18-35-24-8-6-5-7-23(24)34-4/h5-12,14,16,22H,13,15,17-18H2,1-4H3/t22-/m1/s1. The highest BCUT2D eigenvalue weighted by Gasteiger charge is 2.36. The molecule has 1 atom stereocenters. The highest BCUT2D eigenvalue weighted by molar-refractivity contribution is 7.10. The van der Waals surface area contributed by atoms with E-state index in [2.05, 4.69) is 0 Å². The van der Waals surface area contributed by atoms with Crippen LogP contribution in [0, 0.1) is 5.82 Å². The van der Waals surface area contributed by atoms with Gasteiger partial charge in [-0.2, -0.15) is 0 Å². The molecule has 0 radical (unpaired) electrons. The number of carbonyl (C=O) groups is 2. The highest BCUT2D eigenvalue weighted by Crippen LogP contribution is 2.35. The molecule has 0 N–H and O–H groups in total. The third-order valence-electron chi connectivity index (χ3n) is 6.32. The summed E-state index contributed by atoms with van der Waals surface area (Å²) in [5, 5.41) is 2.04. The zero-order chi connectivity index (χ0) is 25.9. The van der Waals surface area contributed by atoms with Crippen LogP contribution in [0.2, 0.25) is 0 Å². The summed E-state index contributed by atoms with van der Waals surface area (Å²) < 4.78 is 25.0. The summed E-state index contributed by atoms with van der Waals surface area (Å²) in [6.45, 7) is 6.36. The van der Waals surface area contributed by atoms with Gasteiger partial charge in [-0.15, -0.1) is 11.3 Å². The maximum Gasteiger partial charge on any atom is 0.254 e. The van der Waals surface area contributed by atoms with Crippen LogP contribution < -0.4 is 9.47 Å². The van der Waals surface area contributed by atoms with Crippen molar-refractivity contribution in [2.75, 3.05) is 26.8 Å². The average Bonchev–Trinajstić information content (AvgIpc) is 3.34. The molecule has 2 aromatic carbocycles. The van der Waals surface area contributed by atoms with Crippen LogP contribution >= 0.6 is 11.3 Å². The number of nitrogens with zero attached hydrogens (tertiary/aromatic N) is 2. The van der Waals surface area contributed by atoms with Crippen LogP contribution in [0.1, 0.15) is 47.6 Å². The molecule has 0 unspecified atom stereocenters. The fourth-order valence-corrected chi connectivity index (χ4v) is 5.30. The molecule has 1 aromatic heterocycles. The lowest BCUT2D eigenvalue weighted by atomic mass is 9.99. The minimum atomic E-state index is -0.617. The second kappa shape index (κ2) is 10.7. The van der Waals surface area contributed by atoms with E-state index >= 15 is 0 Å². The van der Waals surface area contributed by atoms with Gasteiger partial charge in [-0.1, -0.05) is 12.1 Å². The first-order chi connectivity index (χ1) is 17.2. The molecule has 1 aliphatic heterocycles. The van der Waals surface area contributed by atoms with Gasteiger partial charge >= 0.3 is 0 Å². The van der Waals surface area contributed by atoms with Crippen LogP contribution in [0.5, 0.6) is 11.5 Å². The first-order valence-corrected chi connectivity index (χ1v) is 12.8. The van der Waals surface area contributed by atoms with Gasteiger partial charge in [0, 0.05) is 22.5 Å². The Hall–Kier alpha value is -3.39.